The van der Waals surface area contributed by atoms with Crippen LogP contribution in [0.4, 0.5) is 4.79 Å². The van der Waals surface area contributed by atoms with Crippen LogP contribution in [0, 0.1) is 11.1 Å². The van der Waals surface area contributed by atoms with E-state index in [2.05, 4.69) is 5.28 Å². The molecule has 10 heteroatoms. The number of rotatable bonds is 8. The van der Waals surface area contributed by atoms with Crippen LogP contribution in [-0.2, 0) is 19.1 Å². The Bertz CT molecular complexity index is 460. The van der Waals surface area contributed by atoms with Gasteiger partial charge in [-0.1, -0.05) is 13.8 Å². The summed E-state index contributed by atoms with van der Waals surface area (Å²) in [4.78, 5) is 27.4. The quantitative estimate of drug-likeness (QED) is 0.233. The molecule has 0 radical (unpaired) electrons. The van der Waals surface area contributed by atoms with Crippen molar-refractivity contribution in [2.24, 2.45) is 11.2 Å². The summed E-state index contributed by atoms with van der Waals surface area (Å²) in [5.41, 5.74) is -0.732. The van der Waals surface area contributed by atoms with E-state index < -0.39 is 30.1 Å². The lowest BCUT2D eigenvalue weighted by atomic mass is 10.0. The number of likely N-dealkylation sites (N-methyl/N-ethyl adjacent to an activating group) is 1. The van der Waals surface area contributed by atoms with E-state index in [4.69, 9.17) is 14.3 Å². The molecule has 2 atom stereocenters. The van der Waals surface area contributed by atoms with Gasteiger partial charge in [-0.3, -0.25) is 4.84 Å². The maximum Gasteiger partial charge on any atom is 0.511 e. The number of hydrazine groups is 1. The van der Waals surface area contributed by atoms with E-state index >= 15 is 0 Å². The zero-order chi connectivity index (χ0) is 19.1. The molecule has 0 heterocycles. The van der Waals surface area contributed by atoms with Gasteiger partial charge in [0.25, 0.3) is 6.29 Å². The van der Waals surface area contributed by atoms with E-state index in [1.165, 1.54) is 14.0 Å². The standard InChI is InChI=1S/C14H27N3O7/c1-9(2)8-11(12(18)19)16(7)17(21)15-24-10(3)22-13(20)23-14(4,5)6/h9-11H,8H2,1-7H3,(H,18,19)/b17-15-/t10?,11-/m0/s1. The number of nitrogens with zero attached hydrogens (tertiary/aromatic N) is 3. The molecular formula is C14H27N3O7. The van der Waals surface area contributed by atoms with Crippen molar-refractivity contribution in [2.45, 2.75) is 65.9 Å². The minimum absolute atomic E-state index is 0.00385. The van der Waals surface area contributed by atoms with Crippen LogP contribution < -0.4 is 0 Å². The number of carboxylic acids is 1. The van der Waals surface area contributed by atoms with Crippen LogP contribution in [0.15, 0.2) is 5.28 Å². The molecule has 0 aromatic heterocycles. The largest absolute Gasteiger partial charge is 0.569 e. The molecule has 0 fully saturated rings. The Hall–Kier alpha value is -2.26. The lowest BCUT2D eigenvalue weighted by Gasteiger charge is -2.22. The number of carbonyl (C=O) groups excluding carboxylic acids is 1. The Balaban J connectivity index is 4.66. The number of hydrogen-bond donors (Lipinski definition) is 1. The minimum atomic E-state index is -1.18. The first-order valence-electron chi connectivity index (χ1n) is 7.52. The molecule has 0 saturated carbocycles. The molecule has 0 aliphatic heterocycles. The molecular weight excluding hydrogens is 322 g/mol. The zero-order valence-corrected chi connectivity index (χ0v) is 15.2. The van der Waals surface area contributed by atoms with E-state index in [-0.39, 0.29) is 17.3 Å². The predicted molar refractivity (Wildman–Crippen MR) is 82.6 cm³/mol. The van der Waals surface area contributed by atoms with Crippen molar-refractivity contribution in [2.75, 3.05) is 7.05 Å². The van der Waals surface area contributed by atoms with Crippen molar-refractivity contribution in [3.63, 3.8) is 0 Å². The van der Waals surface area contributed by atoms with Crippen LogP contribution in [0.5, 0.6) is 0 Å². The minimum Gasteiger partial charge on any atom is -0.569 e. The zero-order valence-electron chi connectivity index (χ0n) is 15.2. The normalized spacial score (nSPS) is 14.8. The molecule has 0 aromatic carbocycles. The van der Waals surface area contributed by atoms with Crippen LogP contribution in [-0.4, -0.2) is 52.2 Å². The summed E-state index contributed by atoms with van der Waals surface area (Å²) in [5, 5.41) is 25.0. The van der Waals surface area contributed by atoms with Crippen LogP contribution in [0.2, 0.25) is 0 Å². The van der Waals surface area contributed by atoms with Gasteiger partial charge in [0.05, 0.1) is 12.0 Å². The maximum atomic E-state index is 11.8. The van der Waals surface area contributed by atoms with Crippen LogP contribution in [0.25, 0.3) is 0 Å². The summed E-state index contributed by atoms with van der Waals surface area (Å²) in [5.74, 6) is -1.09. The molecule has 0 saturated heterocycles. The summed E-state index contributed by atoms with van der Waals surface area (Å²) >= 11 is 0. The van der Waals surface area contributed by atoms with Crippen molar-refractivity contribution in [3.05, 3.63) is 5.21 Å². The molecule has 0 amide bonds. The average Bonchev–Trinajstić information content (AvgIpc) is 2.38. The highest BCUT2D eigenvalue weighted by atomic mass is 16.8. The summed E-state index contributed by atoms with van der Waals surface area (Å²) in [6.07, 6.45) is -1.90. The fourth-order valence-electron chi connectivity index (χ4n) is 1.57. The highest BCUT2D eigenvalue weighted by Crippen LogP contribution is 2.12. The number of hydrogen-bond acceptors (Lipinski definition) is 7. The van der Waals surface area contributed by atoms with E-state index in [9.17, 15) is 19.9 Å². The van der Waals surface area contributed by atoms with Crippen molar-refractivity contribution in [1.29, 1.82) is 0 Å². The smallest absolute Gasteiger partial charge is 0.511 e. The van der Waals surface area contributed by atoms with Gasteiger partial charge in [0.2, 0.25) is 5.28 Å². The summed E-state index contributed by atoms with van der Waals surface area (Å²) in [7, 11) is 1.28. The summed E-state index contributed by atoms with van der Waals surface area (Å²) in [6, 6.07) is -1.06. The van der Waals surface area contributed by atoms with E-state index in [0.717, 1.165) is 5.01 Å². The van der Waals surface area contributed by atoms with E-state index in [1.54, 1.807) is 20.8 Å². The Kier molecular flexibility index (Phi) is 8.28. The van der Waals surface area contributed by atoms with E-state index in [0.29, 0.717) is 0 Å². The highest BCUT2D eigenvalue weighted by molar-refractivity contribution is 5.73. The first-order chi connectivity index (χ1) is 10.8. The second-order valence-electron chi connectivity index (χ2n) is 6.65. The maximum absolute atomic E-state index is 11.8. The topological polar surface area (TPSA) is 124 Å². The van der Waals surface area contributed by atoms with Crippen LogP contribution >= 0.6 is 0 Å². The monoisotopic (exact) mass is 349 g/mol. The Morgan fingerprint density at radius 1 is 1.29 bits per heavy atom. The molecule has 0 aliphatic carbocycles. The lowest BCUT2D eigenvalue weighted by molar-refractivity contribution is -0.712. The van der Waals surface area contributed by atoms with Gasteiger partial charge in [0.15, 0.2) is 6.04 Å². The molecule has 1 N–H and O–H groups in total. The molecule has 0 aromatic rings. The number of carbonyl (C=O) groups is 2. The molecule has 24 heavy (non-hydrogen) atoms. The third-order valence-electron chi connectivity index (χ3n) is 2.62. The van der Waals surface area contributed by atoms with Gasteiger partial charge < -0.3 is 19.8 Å². The van der Waals surface area contributed by atoms with Gasteiger partial charge in [0.1, 0.15) is 5.60 Å². The van der Waals surface area contributed by atoms with Crippen molar-refractivity contribution >= 4 is 12.1 Å². The lowest BCUT2D eigenvalue weighted by Crippen LogP contribution is -2.43. The van der Waals surface area contributed by atoms with Gasteiger partial charge in [-0.05, 0) is 33.1 Å². The number of ether oxygens (including phenoxy) is 2. The Morgan fingerprint density at radius 3 is 2.25 bits per heavy atom. The summed E-state index contributed by atoms with van der Waals surface area (Å²) < 4.78 is 9.66. The molecule has 0 rings (SSSR count). The number of aliphatic carboxylic acids is 1. The first-order valence-corrected chi connectivity index (χ1v) is 7.52. The average molecular weight is 349 g/mol. The van der Waals surface area contributed by atoms with Gasteiger partial charge >= 0.3 is 12.1 Å². The summed E-state index contributed by atoms with van der Waals surface area (Å²) in [6.45, 7) is 10.0. The van der Waals surface area contributed by atoms with Crippen LogP contribution in [0.1, 0.15) is 48.0 Å². The third-order valence-corrected chi connectivity index (χ3v) is 2.62. The van der Waals surface area contributed by atoms with Gasteiger partial charge in [0, 0.05) is 6.92 Å². The molecule has 0 aliphatic rings. The molecule has 1 unspecified atom stereocenters. The molecule has 140 valence electrons. The fraction of sp³-hybridized carbons (Fsp3) is 0.857. The Morgan fingerprint density at radius 2 is 1.83 bits per heavy atom. The second-order valence-corrected chi connectivity index (χ2v) is 6.65. The van der Waals surface area contributed by atoms with Crippen molar-refractivity contribution in [3.8, 4) is 0 Å². The van der Waals surface area contributed by atoms with Crippen molar-refractivity contribution < 1.29 is 34.0 Å². The SMILES string of the molecule is CC(C)C[C@@H](C(=O)O)N(C)/[N+]([O-])=N/OC(C)OC(=O)OC(C)(C)C. The van der Waals surface area contributed by atoms with Crippen molar-refractivity contribution in [1.82, 2.24) is 5.01 Å². The van der Waals surface area contributed by atoms with Crippen LogP contribution in [0.3, 0.4) is 0 Å². The van der Waals surface area contributed by atoms with E-state index in [1.807, 2.05) is 13.8 Å². The third kappa shape index (κ3) is 9.01. The molecule has 0 spiro atoms. The molecule has 0 bridgehead atoms. The van der Waals surface area contributed by atoms with Gasteiger partial charge in [-0.25, -0.2) is 9.59 Å². The Labute approximate surface area is 141 Å². The first kappa shape index (κ1) is 21.7. The molecule has 10 nitrogen and oxygen atoms in total. The fourth-order valence-corrected chi connectivity index (χ4v) is 1.57. The van der Waals surface area contributed by atoms with Gasteiger partial charge in [-0.2, -0.15) is 0 Å². The number of carboxylic acid groups (broad SMARTS) is 1. The highest BCUT2D eigenvalue weighted by Gasteiger charge is 2.30. The second kappa shape index (κ2) is 9.14. The van der Waals surface area contributed by atoms with Gasteiger partial charge in [-0.15, -0.1) is 5.01 Å². The predicted octanol–water partition coefficient (Wildman–Crippen LogP) is 2.52.